The molecule has 10 heteroatoms. The van der Waals surface area contributed by atoms with Gasteiger partial charge in [0, 0.05) is 44.8 Å². The van der Waals surface area contributed by atoms with Crippen LogP contribution >= 0.6 is 0 Å². The largest absolute Gasteiger partial charge is 0.356 e. The first-order chi connectivity index (χ1) is 13.2. The van der Waals surface area contributed by atoms with E-state index in [1.165, 1.54) is 4.63 Å². The molecule has 1 saturated heterocycles. The highest BCUT2D eigenvalue weighted by Crippen LogP contribution is 2.36. The fourth-order valence-corrected chi connectivity index (χ4v) is 3.38. The number of amides is 1. The van der Waals surface area contributed by atoms with Crippen molar-refractivity contribution in [3.8, 4) is 12.3 Å². The van der Waals surface area contributed by atoms with Gasteiger partial charge < -0.3 is 10.2 Å². The Kier molecular flexibility index (Phi) is 4.66. The van der Waals surface area contributed by atoms with Crippen LogP contribution in [0.4, 0.5) is 5.82 Å². The van der Waals surface area contributed by atoms with E-state index in [0.717, 1.165) is 44.6 Å². The van der Waals surface area contributed by atoms with Crippen LogP contribution in [0.2, 0.25) is 0 Å². The van der Waals surface area contributed by atoms with Gasteiger partial charge in [-0.2, -0.15) is 10.2 Å². The zero-order valence-electron chi connectivity index (χ0n) is 15.0. The zero-order valence-corrected chi connectivity index (χ0v) is 15.0. The molecule has 1 amide bonds. The molecule has 0 radical (unpaired) electrons. The van der Waals surface area contributed by atoms with Crippen molar-refractivity contribution in [2.24, 2.45) is 16.1 Å². The summed E-state index contributed by atoms with van der Waals surface area (Å²) in [5.41, 5.74) is 0.269. The molecule has 2 aliphatic rings. The van der Waals surface area contributed by atoms with Crippen molar-refractivity contribution >= 4 is 17.4 Å². The average molecular weight is 367 g/mol. The molecular formula is C17H21N9O. The number of tetrazole rings is 1. The molecule has 0 aliphatic carbocycles. The Morgan fingerprint density at radius 1 is 1.30 bits per heavy atom. The Bertz CT molecular complexity index is 885. The van der Waals surface area contributed by atoms with Crippen LogP contribution in [0.25, 0.3) is 5.65 Å². The first kappa shape index (κ1) is 17.3. The second-order valence-electron chi connectivity index (χ2n) is 6.91. The maximum absolute atomic E-state index is 12.4. The molecule has 0 spiro atoms. The summed E-state index contributed by atoms with van der Waals surface area (Å²) in [4.78, 5) is 14.6. The minimum absolute atomic E-state index is 0.0211. The Hall–Kier alpha value is -3.09. The molecule has 2 aromatic heterocycles. The number of nitrogens with one attached hydrogen (secondary N) is 1. The third kappa shape index (κ3) is 3.86. The van der Waals surface area contributed by atoms with Gasteiger partial charge in [-0.3, -0.25) is 4.79 Å². The molecule has 1 fully saturated rings. The number of fused-ring (bicyclic) bond motifs is 1. The van der Waals surface area contributed by atoms with E-state index >= 15 is 0 Å². The van der Waals surface area contributed by atoms with E-state index in [2.05, 4.69) is 47.0 Å². The van der Waals surface area contributed by atoms with Gasteiger partial charge >= 0.3 is 0 Å². The summed E-state index contributed by atoms with van der Waals surface area (Å²) in [5, 5.41) is 26.9. The van der Waals surface area contributed by atoms with Crippen molar-refractivity contribution in [1.29, 1.82) is 0 Å². The lowest BCUT2D eigenvalue weighted by molar-refractivity contribution is -0.125. The number of hydrogen-bond acceptors (Lipinski definition) is 8. The molecule has 0 unspecified atom stereocenters. The van der Waals surface area contributed by atoms with Crippen molar-refractivity contribution in [2.75, 3.05) is 24.5 Å². The second-order valence-corrected chi connectivity index (χ2v) is 6.91. The molecule has 4 rings (SSSR count). The molecule has 27 heavy (non-hydrogen) atoms. The summed E-state index contributed by atoms with van der Waals surface area (Å²) in [6.07, 6.45) is 9.00. The number of aromatic nitrogens is 5. The normalized spacial score (nSPS) is 18.4. The topological polar surface area (TPSA) is 113 Å². The molecule has 4 heterocycles. The third-order valence-electron chi connectivity index (χ3n) is 5.12. The summed E-state index contributed by atoms with van der Waals surface area (Å²) in [7, 11) is 0. The van der Waals surface area contributed by atoms with Crippen molar-refractivity contribution < 1.29 is 4.79 Å². The minimum atomic E-state index is -0.344. The molecule has 2 aliphatic heterocycles. The molecule has 0 saturated carbocycles. The molecule has 140 valence electrons. The van der Waals surface area contributed by atoms with Gasteiger partial charge in [-0.05, 0) is 35.4 Å². The number of piperidine rings is 1. The van der Waals surface area contributed by atoms with Crippen LogP contribution in [0.1, 0.15) is 32.1 Å². The first-order valence-electron chi connectivity index (χ1n) is 9.15. The lowest BCUT2D eigenvalue weighted by atomic mass is 9.95. The Balaban J connectivity index is 1.23. The summed E-state index contributed by atoms with van der Waals surface area (Å²) < 4.78 is 1.41. The number of rotatable bonds is 7. The predicted molar refractivity (Wildman–Crippen MR) is 96.8 cm³/mol. The van der Waals surface area contributed by atoms with Crippen LogP contribution in [0, 0.1) is 18.3 Å². The Morgan fingerprint density at radius 3 is 2.85 bits per heavy atom. The van der Waals surface area contributed by atoms with Gasteiger partial charge in [-0.1, -0.05) is 0 Å². The highest BCUT2D eigenvalue weighted by Gasteiger charge is 2.38. The van der Waals surface area contributed by atoms with Crippen molar-refractivity contribution in [1.82, 2.24) is 30.6 Å². The monoisotopic (exact) mass is 367 g/mol. The third-order valence-corrected chi connectivity index (χ3v) is 5.12. The second kappa shape index (κ2) is 7.26. The molecule has 0 aromatic carbocycles. The van der Waals surface area contributed by atoms with E-state index in [1.54, 1.807) is 0 Å². The molecule has 1 N–H and O–H groups in total. The van der Waals surface area contributed by atoms with E-state index < -0.39 is 0 Å². The van der Waals surface area contributed by atoms with E-state index in [9.17, 15) is 4.79 Å². The highest BCUT2D eigenvalue weighted by atomic mass is 16.1. The van der Waals surface area contributed by atoms with Crippen LogP contribution in [-0.2, 0) is 4.79 Å². The Morgan fingerprint density at radius 2 is 2.11 bits per heavy atom. The Labute approximate surface area is 156 Å². The number of carbonyl (C=O) groups excluding carboxylic acids is 1. The standard InChI is InChI=1S/C17H21N9O/c1-2-3-8-17(21-22-17)9-10-18-16(27)13-6-11-25(12-7-13)15-5-4-14-19-23-24-26(14)20-15/h1,4-5,13H,3,6-12H2,(H,18,27). The van der Waals surface area contributed by atoms with E-state index in [-0.39, 0.29) is 17.5 Å². The molecule has 0 bridgehead atoms. The summed E-state index contributed by atoms with van der Waals surface area (Å²) in [6, 6.07) is 3.75. The van der Waals surface area contributed by atoms with Crippen LogP contribution in [0.3, 0.4) is 0 Å². The van der Waals surface area contributed by atoms with Crippen molar-refractivity contribution in [3.05, 3.63) is 12.1 Å². The quantitative estimate of drug-likeness (QED) is 0.725. The van der Waals surface area contributed by atoms with E-state index in [1.807, 2.05) is 12.1 Å². The van der Waals surface area contributed by atoms with Gasteiger partial charge in [0.05, 0.1) is 0 Å². The number of nitrogens with zero attached hydrogens (tertiary/aromatic N) is 8. The molecule has 0 atom stereocenters. The molecular weight excluding hydrogens is 346 g/mol. The lowest BCUT2D eigenvalue weighted by Crippen LogP contribution is -2.41. The fourth-order valence-electron chi connectivity index (χ4n) is 3.38. The fraction of sp³-hybridized carbons (Fsp3) is 0.588. The maximum Gasteiger partial charge on any atom is 0.223 e. The van der Waals surface area contributed by atoms with Crippen LogP contribution in [-0.4, -0.2) is 56.5 Å². The summed E-state index contributed by atoms with van der Waals surface area (Å²) in [6.45, 7) is 2.12. The van der Waals surface area contributed by atoms with Gasteiger partial charge in [-0.15, -0.1) is 27.2 Å². The number of hydrogen-bond donors (Lipinski definition) is 1. The van der Waals surface area contributed by atoms with Gasteiger partial charge in [0.1, 0.15) is 0 Å². The first-order valence-corrected chi connectivity index (χ1v) is 9.15. The van der Waals surface area contributed by atoms with E-state index in [0.29, 0.717) is 18.6 Å². The molecule has 2 aromatic rings. The SMILES string of the molecule is C#CCCC1(CCNC(=O)C2CCN(c3ccc4nnnn4n3)CC2)N=N1. The smallest absolute Gasteiger partial charge is 0.223 e. The summed E-state index contributed by atoms with van der Waals surface area (Å²) >= 11 is 0. The minimum Gasteiger partial charge on any atom is -0.356 e. The predicted octanol–water partition coefficient (Wildman–Crippen LogP) is 0.818. The lowest BCUT2D eigenvalue weighted by Gasteiger charge is -2.31. The number of terminal acetylenes is 1. The van der Waals surface area contributed by atoms with Gasteiger partial charge in [0.2, 0.25) is 5.91 Å². The molecule has 10 nitrogen and oxygen atoms in total. The van der Waals surface area contributed by atoms with Gasteiger partial charge in [0.15, 0.2) is 17.1 Å². The zero-order chi connectivity index (χ0) is 18.7. The maximum atomic E-state index is 12.4. The van der Waals surface area contributed by atoms with Crippen LogP contribution < -0.4 is 10.2 Å². The van der Waals surface area contributed by atoms with Gasteiger partial charge in [-0.25, -0.2) is 0 Å². The van der Waals surface area contributed by atoms with Gasteiger partial charge in [0.25, 0.3) is 0 Å². The van der Waals surface area contributed by atoms with Crippen LogP contribution in [0.15, 0.2) is 22.4 Å². The van der Waals surface area contributed by atoms with Crippen molar-refractivity contribution in [3.63, 3.8) is 0 Å². The highest BCUT2D eigenvalue weighted by molar-refractivity contribution is 5.78. The average Bonchev–Trinajstić information content (AvgIpc) is 3.31. The van der Waals surface area contributed by atoms with Crippen molar-refractivity contribution in [2.45, 2.75) is 37.8 Å². The van der Waals surface area contributed by atoms with Crippen LogP contribution in [0.5, 0.6) is 0 Å². The van der Waals surface area contributed by atoms with E-state index in [4.69, 9.17) is 6.42 Å². The number of anilines is 1. The summed E-state index contributed by atoms with van der Waals surface area (Å²) in [5.74, 6) is 3.56. The number of carbonyl (C=O) groups is 1.